The Balaban J connectivity index is 1.25. The molecule has 1 N–H and O–H groups in total. The van der Waals surface area contributed by atoms with Crippen LogP contribution < -0.4 is 10.2 Å². The first kappa shape index (κ1) is 25.5. The summed E-state index contributed by atoms with van der Waals surface area (Å²) in [6.45, 7) is 2.52. The summed E-state index contributed by atoms with van der Waals surface area (Å²) in [6.07, 6.45) is 1.60. The zero-order chi connectivity index (χ0) is 26.3. The van der Waals surface area contributed by atoms with Crippen LogP contribution in [0.4, 0.5) is 0 Å². The maximum atomic E-state index is 12.7. The minimum Gasteiger partial charge on any atom is -0.488 e. The minimum atomic E-state index is -0.280. The van der Waals surface area contributed by atoms with Crippen molar-refractivity contribution in [2.24, 2.45) is 5.10 Å². The number of aromatic nitrogens is 1. The van der Waals surface area contributed by atoms with Gasteiger partial charge in [0.25, 0.3) is 5.91 Å². The molecule has 0 saturated carbocycles. The van der Waals surface area contributed by atoms with Crippen molar-refractivity contribution >= 4 is 34.7 Å². The summed E-state index contributed by atoms with van der Waals surface area (Å²) in [6, 6.07) is 37.8. The summed E-state index contributed by atoms with van der Waals surface area (Å²) in [4.78, 5) is 12.7. The van der Waals surface area contributed by atoms with Crippen molar-refractivity contribution in [3.05, 3.63) is 141 Å². The zero-order valence-electron chi connectivity index (χ0n) is 20.8. The number of hydrogen-bond donors (Lipinski definition) is 1. The van der Waals surface area contributed by atoms with E-state index < -0.39 is 0 Å². The molecule has 1 amide bonds. The second-order valence-corrected chi connectivity index (χ2v) is 10.0. The largest absolute Gasteiger partial charge is 0.488 e. The molecule has 1 aromatic heterocycles. The molecule has 0 aliphatic heterocycles. The normalized spacial score (nSPS) is 11.0. The van der Waals surface area contributed by atoms with Crippen LogP contribution in [0.5, 0.6) is 5.75 Å². The van der Waals surface area contributed by atoms with Gasteiger partial charge < -0.3 is 9.30 Å². The Labute approximate surface area is 235 Å². The summed E-state index contributed by atoms with van der Waals surface area (Å²) < 4.78 is 9.36. The molecule has 6 heteroatoms. The van der Waals surface area contributed by atoms with Crippen LogP contribution in [0.15, 0.2) is 120 Å². The molecular formula is C32H26IN3O2. The minimum absolute atomic E-state index is 0.280. The lowest BCUT2D eigenvalue weighted by Crippen LogP contribution is -2.17. The molecule has 0 aliphatic carbocycles. The van der Waals surface area contributed by atoms with Crippen LogP contribution in [0.3, 0.4) is 0 Å². The fourth-order valence-corrected chi connectivity index (χ4v) is 4.52. The van der Waals surface area contributed by atoms with Crippen LogP contribution in [-0.4, -0.2) is 16.7 Å². The molecule has 38 heavy (non-hydrogen) atoms. The Hall–Kier alpha value is -4.17. The van der Waals surface area contributed by atoms with Crippen LogP contribution in [0.25, 0.3) is 16.9 Å². The first-order valence-electron chi connectivity index (χ1n) is 12.2. The number of benzene rings is 4. The van der Waals surface area contributed by atoms with E-state index in [2.05, 4.69) is 81.0 Å². The van der Waals surface area contributed by atoms with Gasteiger partial charge in [-0.15, -0.1) is 0 Å². The molecule has 188 valence electrons. The highest BCUT2D eigenvalue weighted by atomic mass is 127. The van der Waals surface area contributed by atoms with Gasteiger partial charge in [0.15, 0.2) is 0 Å². The SMILES string of the molecule is Cc1ccc(-c2ccccc2)n1-c1ccc(C(=O)N/N=C/c2ccccc2OCc2ccc(I)cc2)cc1. The fraction of sp³-hybridized carbons (Fsp3) is 0.0625. The molecule has 5 nitrogen and oxygen atoms in total. The molecule has 5 rings (SSSR count). The number of nitrogens with one attached hydrogen (secondary N) is 1. The van der Waals surface area contributed by atoms with E-state index >= 15 is 0 Å². The summed E-state index contributed by atoms with van der Waals surface area (Å²) in [5.41, 5.74) is 9.37. The number of halogens is 1. The maximum absolute atomic E-state index is 12.7. The second kappa shape index (κ2) is 11.9. The number of ether oxygens (including phenoxy) is 1. The molecule has 0 spiro atoms. The smallest absolute Gasteiger partial charge is 0.271 e. The molecule has 0 bridgehead atoms. The Morgan fingerprint density at radius 3 is 2.34 bits per heavy atom. The molecule has 0 unspecified atom stereocenters. The third-order valence-corrected chi connectivity index (χ3v) is 6.85. The van der Waals surface area contributed by atoms with Gasteiger partial charge in [-0.1, -0.05) is 54.6 Å². The van der Waals surface area contributed by atoms with Crippen LogP contribution in [0.1, 0.15) is 27.2 Å². The Morgan fingerprint density at radius 1 is 0.868 bits per heavy atom. The molecule has 0 fully saturated rings. The van der Waals surface area contributed by atoms with Crippen molar-refractivity contribution in [2.75, 3.05) is 0 Å². The monoisotopic (exact) mass is 611 g/mol. The summed E-state index contributed by atoms with van der Waals surface area (Å²) >= 11 is 2.28. The van der Waals surface area contributed by atoms with Gasteiger partial charge in [0.05, 0.1) is 11.9 Å². The van der Waals surface area contributed by atoms with E-state index in [1.165, 1.54) is 3.57 Å². The van der Waals surface area contributed by atoms with E-state index in [0.29, 0.717) is 17.9 Å². The third kappa shape index (κ3) is 6.03. The molecule has 4 aromatic carbocycles. The number of nitrogens with zero attached hydrogens (tertiary/aromatic N) is 2. The van der Waals surface area contributed by atoms with Gasteiger partial charge in [-0.05, 0) is 101 Å². The number of amides is 1. The zero-order valence-corrected chi connectivity index (χ0v) is 23.0. The van der Waals surface area contributed by atoms with Crippen molar-refractivity contribution in [3.63, 3.8) is 0 Å². The third-order valence-electron chi connectivity index (χ3n) is 6.13. The van der Waals surface area contributed by atoms with E-state index in [0.717, 1.165) is 33.8 Å². The fourth-order valence-electron chi connectivity index (χ4n) is 4.16. The van der Waals surface area contributed by atoms with Gasteiger partial charge in [0.1, 0.15) is 12.4 Å². The number of carbonyl (C=O) groups excluding carboxylic acids is 1. The van der Waals surface area contributed by atoms with E-state index in [9.17, 15) is 4.79 Å². The van der Waals surface area contributed by atoms with Gasteiger partial charge in [-0.3, -0.25) is 4.79 Å². The quantitative estimate of drug-likeness (QED) is 0.113. The maximum Gasteiger partial charge on any atom is 0.271 e. The summed E-state index contributed by atoms with van der Waals surface area (Å²) in [5.74, 6) is 0.419. The first-order chi connectivity index (χ1) is 18.6. The number of carbonyl (C=O) groups is 1. The molecule has 0 aliphatic rings. The molecule has 1 heterocycles. The van der Waals surface area contributed by atoms with Gasteiger partial charge in [-0.25, -0.2) is 5.43 Å². The standard InChI is InChI=1S/C32H26IN3O2/c1-23-11-20-30(25-7-3-2-4-8-25)36(23)29-18-14-26(15-19-29)32(37)35-34-21-27-9-5-6-10-31(27)38-22-24-12-16-28(33)17-13-24/h2-21H,22H2,1H3,(H,35,37)/b34-21+. The highest BCUT2D eigenvalue weighted by Crippen LogP contribution is 2.26. The predicted molar refractivity (Wildman–Crippen MR) is 161 cm³/mol. The van der Waals surface area contributed by atoms with Crippen molar-refractivity contribution < 1.29 is 9.53 Å². The lowest BCUT2D eigenvalue weighted by atomic mass is 10.1. The van der Waals surface area contributed by atoms with Crippen LogP contribution in [0, 0.1) is 10.5 Å². The molecule has 0 atom stereocenters. The lowest BCUT2D eigenvalue weighted by Gasteiger charge is -2.13. The topological polar surface area (TPSA) is 55.6 Å². The number of hydrogen-bond acceptors (Lipinski definition) is 3. The van der Waals surface area contributed by atoms with Crippen LogP contribution in [0.2, 0.25) is 0 Å². The van der Waals surface area contributed by atoms with Gasteiger partial charge in [-0.2, -0.15) is 5.10 Å². The number of hydrazone groups is 1. The number of para-hydroxylation sites is 1. The second-order valence-electron chi connectivity index (χ2n) is 8.76. The Morgan fingerprint density at radius 2 is 1.58 bits per heavy atom. The van der Waals surface area contributed by atoms with Crippen LogP contribution in [-0.2, 0) is 6.61 Å². The predicted octanol–water partition coefficient (Wildman–Crippen LogP) is 7.40. The highest BCUT2D eigenvalue weighted by Gasteiger charge is 2.11. The van der Waals surface area contributed by atoms with E-state index in [4.69, 9.17) is 4.74 Å². The van der Waals surface area contributed by atoms with Crippen molar-refractivity contribution in [1.82, 2.24) is 9.99 Å². The lowest BCUT2D eigenvalue weighted by molar-refractivity contribution is 0.0955. The first-order valence-corrected chi connectivity index (χ1v) is 13.3. The average Bonchev–Trinajstić information content (AvgIpc) is 3.35. The Bertz CT molecular complexity index is 1560. The van der Waals surface area contributed by atoms with Crippen molar-refractivity contribution in [1.29, 1.82) is 0 Å². The average molecular weight is 611 g/mol. The highest BCUT2D eigenvalue weighted by molar-refractivity contribution is 14.1. The van der Waals surface area contributed by atoms with Gasteiger partial charge in [0.2, 0.25) is 0 Å². The van der Waals surface area contributed by atoms with Crippen LogP contribution >= 0.6 is 22.6 Å². The van der Waals surface area contributed by atoms with Gasteiger partial charge in [0, 0.05) is 26.1 Å². The molecule has 0 saturated heterocycles. The molecular weight excluding hydrogens is 585 g/mol. The van der Waals surface area contributed by atoms with Gasteiger partial charge >= 0.3 is 0 Å². The Kier molecular flexibility index (Phi) is 7.99. The van der Waals surface area contributed by atoms with E-state index in [1.54, 1.807) is 6.21 Å². The van der Waals surface area contributed by atoms with E-state index in [1.807, 2.05) is 78.9 Å². The summed E-state index contributed by atoms with van der Waals surface area (Å²) in [5, 5.41) is 4.17. The number of rotatable bonds is 8. The number of aryl methyl sites for hydroxylation is 1. The van der Waals surface area contributed by atoms with Crippen molar-refractivity contribution in [3.8, 4) is 22.7 Å². The molecule has 0 radical (unpaired) electrons. The molecule has 5 aromatic rings. The van der Waals surface area contributed by atoms with E-state index in [-0.39, 0.29) is 5.91 Å². The van der Waals surface area contributed by atoms with Crippen molar-refractivity contribution in [2.45, 2.75) is 13.5 Å². The summed E-state index contributed by atoms with van der Waals surface area (Å²) in [7, 11) is 0.